The summed E-state index contributed by atoms with van der Waals surface area (Å²) in [4.78, 5) is 29.7. The Morgan fingerprint density at radius 3 is 2.36 bits per heavy atom. The van der Waals surface area contributed by atoms with E-state index in [1.54, 1.807) is 18.7 Å². The Morgan fingerprint density at radius 1 is 1.08 bits per heavy atom. The molecule has 3 aromatic rings. The normalized spacial score (nSPS) is 12.4. The van der Waals surface area contributed by atoms with Crippen LogP contribution in [0.4, 0.5) is 11.4 Å². The van der Waals surface area contributed by atoms with Gasteiger partial charge in [0, 0.05) is 25.5 Å². The van der Waals surface area contributed by atoms with Gasteiger partial charge in [0.15, 0.2) is 0 Å². The predicted octanol–water partition coefficient (Wildman–Crippen LogP) is 1.60. The van der Waals surface area contributed by atoms with Gasteiger partial charge in [0.1, 0.15) is 17.1 Å². The molecule has 0 bridgehead atoms. The summed E-state index contributed by atoms with van der Waals surface area (Å²) in [7, 11) is 3.86. The van der Waals surface area contributed by atoms with Crippen molar-refractivity contribution in [1.82, 2.24) is 9.88 Å². The van der Waals surface area contributed by atoms with Gasteiger partial charge in [-0.3, -0.25) is 19.5 Å². The van der Waals surface area contributed by atoms with Gasteiger partial charge in [-0.1, -0.05) is 0 Å². The summed E-state index contributed by atoms with van der Waals surface area (Å²) in [6, 6.07) is 7.37. The zero-order valence-electron chi connectivity index (χ0n) is 14.2. The molecule has 2 N–H and O–H groups in total. The van der Waals surface area contributed by atoms with Crippen LogP contribution < -0.4 is 21.5 Å². The number of pyridine rings is 1. The average molecular weight is 340 g/mol. The molecule has 0 aliphatic rings. The smallest absolute Gasteiger partial charge is 0.253 e. The second-order valence-electron chi connectivity index (χ2n) is 5.99. The third kappa shape index (κ3) is 3.61. The Balaban J connectivity index is 1.68. The standard InChI is InChI=1S/C18H20N4O3/c1-22(2)13(14-4-3-9-25-14)11-21-16-15(17(23)18(16)24)20-10-12-5-7-19-8-6-12/h3-9,13,20-21H,10-11H2,1-2H3. The number of hydrogen-bond donors (Lipinski definition) is 2. The van der Waals surface area contributed by atoms with Crippen LogP contribution in [0.2, 0.25) is 0 Å². The second kappa shape index (κ2) is 7.31. The molecule has 0 fully saturated rings. The molecule has 0 aliphatic heterocycles. The fourth-order valence-corrected chi connectivity index (χ4v) is 2.64. The fraction of sp³-hybridized carbons (Fsp3) is 0.278. The molecule has 7 heteroatoms. The Labute approximate surface area is 145 Å². The minimum absolute atomic E-state index is 0.0487. The largest absolute Gasteiger partial charge is 0.468 e. The van der Waals surface area contributed by atoms with E-state index in [9.17, 15) is 9.59 Å². The number of nitrogens with zero attached hydrogens (tertiary/aromatic N) is 2. The van der Waals surface area contributed by atoms with E-state index in [-0.39, 0.29) is 6.04 Å². The van der Waals surface area contributed by atoms with Crippen LogP contribution >= 0.6 is 0 Å². The lowest BCUT2D eigenvalue weighted by Crippen LogP contribution is -2.39. The lowest BCUT2D eigenvalue weighted by atomic mass is 10.1. The van der Waals surface area contributed by atoms with E-state index >= 15 is 0 Å². The molecule has 7 nitrogen and oxygen atoms in total. The maximum Gasteiger partial charge on any atom is 0.253 e. The molecule has 0 saturated carbocycles. The molecule has 1 atom stereocenters. The average Bonchev–Trinajstić information content (AvgIpc) is 3.14. The Bertz CT molecular complexity index is 881. The first-order chi connectivity index (χ1) is 12.1. The van der Waals surface area contributed by atoms with Crippen LogP contribution in [0, 0.1) is 0 Å². The third-order valence-electron chi connectivity index (χ3n) is 4.10. The fourth-order valence-electron chi connectivity index (χ4n) is 2.64. The van der Waals surface area contributed by atoms with Gasteiger partial charge in [0.05, 0.1) is 12.3 Å². The van der Waals surface area contributed by atoms with Crippen molar-refractivity contribution in [3.8, 4) is 0 Å². The van der Waals surface area contributed by atoms with Crippen molar-refractivity contribution < 1.29 is 4.42 Å². The summed E-state index contributed by atoms with van der Waals surface area (Å²) in [5.74, 6) is 0.794. The highest BCUT2D eigenvalue weighted by Crippen LogP contribution is 2.21. The molecule has 0 saturated heterocycles. The summed E-state index contributed by atoms with van der Waals surface area (Å²) in [5.41, 5.74) is 0.664. The molecule has 0 aliphatic carbocycles. The van der Waals surface area contributed by atoms with Crippen molar-refractivity contribution >= 4 is 11.4 Å². The number of hydrogen-bond acceptors (Lipinski definition) is 7. The van der Waals surface area contributed by atoms with Gasteiger partial charge < -0.3 is 15.1 Å². The quantitative estimate of drug-likeness (QED) is 0.602. The summed E-state index contributed by atoms with van der Waals surface area (Å²) >= 11 is 0. The number of likely N-dealkylation sites (N-methyl/N-ethyl adjacent to an activating group) is 1. The SMILES string of the molecule is CN(C)C(CNc1c(NCc2ccncc2)c(=O)c1=O)c1ccco1. The first-order valence-corrected chi connectivity index (χ1v) is 7.97. The molecule has 0 radical (unpaired) electrons. The predicted molar refractivity (Wildman–Crippen MR) is 96.5 cm³/mol. The summed E-state index contributed by atoms with van der Waals surface area (Å²) in [5, 5.41) is 6.12. The van der Waals surface area contributed by atoms with Crippen LogP contribution in [-0.4, -0.2) is 30.5 Å². The van der Waals surface area contributed by atoms with Crippen LogP contribution in [-0.2, 0) is 6.54 Å². The minimum atomic E-state index is -0.492. The first kappa shape index (κ1) is 16.9. The van der Waals surface area contributed by atoms with Crippen molar-refractivity contribution in [2.75, 3.05) is 31.3 Å². The third-order valence-corrected chi connectivity index (χ3v) is 4.10. The number of furan rings is 1. The molecular weight excluding hydrogens is 320 g/mol. The molecular formula is C18H20N4O3. The van der Waals surface area contributed by atoms with Crippen molar-refractivity contribution in [1.29, 1.82) is 0 Å². The molecule has 130 valence electrons. The zero-order chi connectivity index (χ0) is 17.8. The van der Waals surface area contributed by atoms with Gasteiger partial charge in [0.2, 0.25) is 0 Å². The summed E-state index contributed by atoms with van der Waals surface area (Å²) in [6.45, 7) is 0.909. The van der Waals surface area contributed by atoms with Crippen LogP contribution in [0.15, 0.2) is 56.9 Å². The van der Waals surface area contributed by atoms with Gasteiger partial charge >= 0.3 is 0 Å². The van der Waals surface area contributed by atoms with Crippen LogP contribution in [0.25, 0.3) is 0 Å². The van der Waals surface area contributed by atoms with E-state index in [1.807, 2.05) is 43.3 Å². The monoisotopic (exact) mass is 340 g/mol. The Hall–Kier alpha value is -2.93. The number of aromatic nitrogens is 1. The van der Waals surface area contributed by atoms with E-state index in [2.05, 4.69) is 15.6 Å². The lowest BCUT2D eigenvalue weighted by Gasteiger charge is -2.24. The van der Waals surface area contributed by atoms with Gasteiger partial charge in [-0.25, -0.2) is 0 Å². The molecule has 0 spiro atoms. The van der Waals surface area contributed by atoms with Gasteiger partial charge in [-0.15, -0.1) is 0 Å². The van der Waals surface area contributed by atoms with Crippen molar-refractivity contribution in [3.05, 3.63) is 74.7 Å². The number of anilines is 2. The molecule has 3 rings (SSSR count). The molecule has 1 unspecified atom stereocenters. The summed E-state index contributed by atoms with van der Waals surface area (Å²) < 4.78 is 5.45. The van der Waals surface area contributed by atoms with Gasteiger partial charge in [-0.05, 0) is 43.9 Å². The Morgan fingerprint density at radius 2 is 1.76 bits per heavy atom. The Kier molecular flexibility index (Phi) is 4.95. The van der Waals surface area contributed by atoms with Gasteiger partial charge in [0.25, 0.3) is 10.9 Å². The van der Waals surface area contributed by atoms with Crippen molar-refractivity contribution in [2.45, 2.75) is 12.6 Å². The van der Waals surface area contributed by atoms with E-state index in [4.69, 9.17) is 4.42 Å². The van der Waals surface area contributed by atoms with E-state index in [1.165, 1.54) is 0 Å². The topological polar surface area (TPSA) is 87.5 Å². The van der Waals surface area contributed by atoms with E-state index < -0.39 is 10.9 Å². The van der Waals surface area contributed by atoms with Crippen molar-refractivity contribution in [3.63, 3.8) is 0 Å². The lowest BCUT2D eigenvalue weighted by molar-refractivity contribution is 0.269. The molecule has 0 amide bonds. The maximum absolute atomic E-state index is 11.9. The number of rotatable bonds is 8. The molecule has 2 aromatic heterocycles. The first-order valence-electron chi connectivity index (χ1n) is 7.97. The second-order valence-corrected chi connectivity index (χ2v) is 5.99. The minimum Gasteiger partial charge on any atom is -0.468 e. The highest BCUT2D eigenvalue weighted by atomic mass is 16.3. The van der Waals surface area contributed by atoms with Crippen LogP contribution in [0.3, 0.4) is 0 Å². The van der Waals surface area contributed by atoms with Gasteiger partial charge in [-0.2, -0.15) is 0 Å². The van der Waals surface area contributed by atoms with E-state index in [0.717, 1.165) is 11.3 Å². The molecule has 1 aromatic carbocycles. The summed E-state index contributed by atoms with van der Waals surface area (Å²) in [6.07, 6.45) is 4.98. The highest BCUT2D eigenvalue weighted by molar-refractivity contribution is 5.74. The van der Waals surface area contributed by atoms with Crippen LogP contribution in [0.1, 0.15) is 17.4 Å². The highest BCUT2D eigenvalue weighted by Gasteiger charge is 2.23. The molecule has 25 heavy (non-hydrogen) atoms. The van der Waals surface area contributed by atoms with Crippen molar-refractivity contribution in [2.24, 2.45) is 0 Å². The maximum atomic E-state index is 11.9. The van der Waals surface area contributed by atoms with E-state index in [0.29, 0.717) is 24.5 Å². The number of nitrogens with one attached hydrogen (secondary N) is 2. The zero-order valence-corrected chi connectivity index (χ0v) is 14.2. The molecule has 2 heterocycles. The van der Waals surface area contributed by atoms with Crippen LogP contribution in [0.5, 0.6) is 0 Å².